The number of likely N-dealkylation sites (tertiary alicyclic amines) is 1. The molecule has 0 saturated carbocycles. The van der Waals surface area contributed by atoms with Crippen molar-refractivity contribution in [2.45, 2.75) is 19.4 Å². The zero-order valence-corrected chi connectivity index (χ0v) is 13.1. The Kier molecular flexibility index (Phi) is 5.22. The normalized spacial score (nSPS) is 18.5. The molecule has 0 radical (unpaired) electrons. The number of hydrogen-bond acceptors (Lipinski definition) is 5. The number of ether oxygens (including phenoxy) is 1. The van der Waals surface area contributed by atoms with E-state index in [4.69, 9.17) is 10.00 Å². The molecule has 0 aliphatic carbocycles. The van der Waals surface area contributed by atoms with Crippen molar-refractivity contribution in [2.24, 2.45) is 5.92 Å². The number of benzene rings is 1. The molecule has 0 amide bonds. The van der Waals surface area contributed by atoms with Crippen LogP contribution in [-0.4, -0.2) is 45.9 Å². The minimum Gasteiger partial charge on any atom is -0.492 e. The fourth-order valence-electron chi connectivity index (χ4n) is 3.01. The summed E-state index contributed by atoms with van der Waals surface area (Å²) in [7, 11) is 0. The minimum absolute atomic E-state index is 0.625. The SMILES string of the molecule is N#Cc1ccc(OCCN2CCC[C@@H](Cn3cncn3)C2)cc1. The van der Waals surface area contributed by atoms with Crippen LogP contribution >= 0.6 is 0 Å². The lowest BCUT2D eigenvalue weighted by Gasteiger charge is -2.32. The Labute approximate surface area is 136 Å². The van der Waals surface area contributed by atoms with Gasteiger partial charge in [-0.15, -0.1) is 0 Å². The molecule has 3 rings (SSSR count). The number of rotatable bonds is 6. The van der Waals surface area contributed by atoms with E-state index in [1.807, 2.05) is 16.8 Å². The summed E-state index contributed by atoms with van der Waals surface area (Å²) < 4.78 is 7.69. The highest BCUT2D eigenvalue weighted by Crippen LogP contribution is 2.18. The third kappa shape index (κ3) is 4.54. The standard InChI is InChI=1S/C17H21N5O/c18-10-15-3-5-17(6-4-15)23-9-8-21-7-1-2-16(11-21)12-22-14-19-13-20-22/h3-6,13-14,16H,1-2,7-9,11-12H2/t16-/m1/s1. The molecule has 0 spiro atoms. The number of nitriles is 1. The topological polar surface area (TPSA) is 67.0 Å². The second-order valence-corrected chi connectivity index (χ2v) is 5.91. The summed E-state index contributed by atoms with van der Waals surface area (Å²) in [6.07, 6.45) is 5.84. The van der Waals surface area contributed by atoms with Gasteiger partial charge in [0.1, 0.15) is 25.0 Å². The molecule has 6 heteroatoms. The van der Waals surface area contributed by atoms with Gasteiger partial charge < -0.3 is 4.74 Å². The van der Waals surface area contributed by atoms with Crippen LogP contribution in [0, 0.1) is 17.2 Å². The van der Waals surface area contributed by atoms with Gasteiger partial charge in [-0.3, -0.25) is 9.58 Å². The van der Waals surface area contributed by atoms with E-state index >= 15 is 0 Å². The molecule has 6 nitrogen and oxygen atoms in total. The van der Waals surface area contributed by atoms with Gasteiger partial charge in [0.2, 0.25) is 0 Å². The van der Waals surface area contributed by atoms with Crippen molar-refractivity contribution in [2.75, 3.05) is 26.2 Å². The number of nitrogens with zero attached hydrogens (tertiary/aromatic N) is 5. The lowest BCUT2D eigenvalue weighted by atomic mass is 9.98. The predicted molar refractivity (Wildman–Crippen MR) is 85.8 cm³/mol. The van der Waals surface area contributed by atoms with E-state index in [0.29, 0.717) is 18.1 Å². The summed E-state index contributed by atoms with van der Waals surface area (Å²) in [6.45, 7) is 4.74. The number of hydrogen-bond donors (Lipinski definition) is 0. The minimum atomic E-state index is 0.625. The highest BCUT2D eigenvalue weighted by molar-refractivity contribution is 5.34. The van der Waals surface area contributed by atoms with Crippen molar-refractivity contribution in [1.82, 2.24) is 19.7 Å². The van der Waals surface area contributed by atoms with Crippen LogP contribution in [0.2, 0.25) is 0 Å². The van der Waals surface area contributed by atoms with E-state index in [1.165, 1.54) is 12.8 Å². The molecule has 1 saturated heterocycles. The number of aromatic nitrogens is 3. The molecular formula is C17H21N5O. The molecule has 2 aromatic rings. The summed E-state index contributed by atoms with van der Waals surface area (Å²) in [5, 5.41) is 13.0. The number of piperidine rings is 1. The first-order valence-electron chi connectivity index (χ1n) is 8.01. The Balaban J connectivity index is 1.41. The van der Waals surface area contributed by atoms with Crippen LogP contribution in [0.4, 0.5) is 0 Å². The Bertz CT molecular complexity index is 632. The van der Waals surface area contributed by atoms with Crippen LogP contribution in [0.5, 0.6) is 5.75 Å². The Morgan fingerprint density at radius 2 is 2.17 bits per heavy atom. The van der Waals surface area contributed by atoms with Crippen molar-refractivity contribution in [3.63, 3.8) is 0 Å². The molecule has 2 heterocycles. The second-order valence-electron chi connectivity index (χ2n) is 5.91. The summed E-state index contributed by atoms with van der Waals surface area (Å²) in [4.78, 5) is 6.45. The van der Waals surface area contributed by atoms with Crippen LogP contribution in [0.1, 0.15) is 18.4 Å². The maximum absolute atomic E-state index is 8.78. The van der Waals surface area contributed by atoms with E-state index in [9.17, 15) is 0 Å². The second kappa shape index (κ2) is 7.75. The summed E-state index contributed by atoms with van der Waals surface area (Å²) in [5.41, 5.74) is 0.657. The summed E-state index contributed by atoms with van der Waals surface area (Å²) >= 11 is 0. The molecule has 23 heavy (non-hydrogen) atoms. The first-order valence-corrected chi connectivity index (χ1v) is 8.01. The predicted octanol–water partition coefficient (Wildman–Crippen LogP) is 1.94. The average molecular weight is 311 g/mol. The fraction of sp³-hybridized carbons (Fsp3) is 0.471. The maximum Gasteiger partial charge on any atom is 0.137 e. The Hall–Kier alpha value is -2.39. The van der Waals surface area contributed by atoms with Gasteiger partial charge in [-0.1, -0.05) is 0 Å². The third-order valence-electron chi connectivity index (χ3n) is 4.17. The van der Waals surface area contributed by atoms with Gasteiger partial charge in [0.25, 0.3) is 0 Å². The van der Waals surface area contributed by atoms with Crippen LogP contribution in [0.15, 0.2) is 36.9 Å². The lowest BCUT2D eigenvalue weighted by molar-refractivity contribution is 0.136. The molecule has 1 aliphatic heterocycles. The lowest BCUT2D eigenvalue weighted by Crippen LogP contribution is -2.39. The molecule has 0 N–H and O–H groups in total. The Morgan fingerprint density at radius 1 is 1.30 bits per heavy atom. The molecule has 1 aromatic carbocycles. The van der Waals surface area contributed by atoms with Crippen LogP contribution in [0.3, 0.4) is 0 Å². The zero-order chi connectivity index (χ0) is 15.9. The van der Waals surface area contributed by atoms with E-state index in [1.54, 1.807) is 24.8 Å². The van der Waals surface area contributed by atoms with Crippen LogP contribution < -0.4 is 4.74 Å². The van der Waals surface area contributed by atoms with Crippen molar-refractivity contribution < 1.29 is 4.74 Å². The van der Waals surface area contributed by atoms with Crippen molar-refractivity contribution in [3.8, 4) is 11.8 Å². The quantitative estimate of drug-likeness (QED) is 0.815. The largest absolute Gasteiger partial charge is 0.492 e. The zero-order valence-electron chi connectivity index (χ0n) is 13.1. The molecule has 1 fully saturated rings. The first kappa shape index (κ1) is 15.5. The van der Waals surface area contributed by atoms with Crippen molar-refractivity contribution in [1.29, 1.82) is 5.26 Å². The average Bonchev–Trinajstić information content (AvgIpc) is 3.09. The van der Waals surface area contributed by atoms with E-state index in [0.717, 1.165) is 31.9 Å². The van der Waals surface area contributed by atoms with Gasteiger partial charge in [-0.05, 0) is 49.6 Å². The van der Waals surface area contributed by atoms with E-state index in [-0.39, 0.29) is 0 Å². The molecule has 1 aromatic heterocycles. The monoisotopic (exact) mass is 311 g/mol. The molecule has 0 unspecified atom stereocenters. The van der Waals surface area contributed by atoms with Crippen molar-refractivity contribution in [3.05, 3.63) is 42.5 Å². The van der Waals surface area contributed by atoms with Crippen LogP contribution in [-0.2, 0) is 6.54 Å². The van der Waals surface area contributed by atoms with Gasteiger partial charge in [-0.25, -0.2) is 4.98 Å². The van der Waals surface area contributed by atoms with Gasteiger partial charge in [0.05, 0.1) is 11.6 Å². The van der Waals surface area contributed by atoms with E-state index in [2.05, 4.69) is 21.1 Å². The van der Waals surface area contributed by atoms with Crippen molar-refractivity contribution >= 4 is 0 Å². The maximum atomic E-state index is 8.78. The smallest absolute Gasteiger partial charge is 0.137 e. The molecule has 0 bridgehead atoms. The Morgan fingerprint density at radius 3 is 2.91 bits per heavy atom. The summed E-state index contributed by atoms with van der Waals surface area (Å²) in [6, 6.07) is 9.37. The molecule has 1 atom stereocenters. The first-order chi connectivity index (χ1) is 11.3. The summed E-state index contributed by atoms with van der Waals surface area (Å²) in [5.74, 6) is 1.44. The van der Waals surface area contributed by atoms with E-state index < -0.39 is 0 Å². The third-order valence-corrected chi connectivity index (χ3v) is 4.17. The highest BCUT2D eigenvalue weighted by atomic mass is 16.5. The van der Waals surface area contributed by atoms with Gasteiger partial charge in [0.15, 0.2) is 0 Å². The molecular weight excluding hydrogens is 290 g/mol. The van der Waals surface area contributed by atoms with Crippen LogP contribution in [0.25, 0.3) is 0 Å². The van der Waals surface area contributed by atoms with Gasteiger partial charge in [0, 0.05) is 19.6 Å². The molecule has 120 valence electrons. The fourth-order valence-corrected chi connectivity index (χ4v) is 3.01. The highest BCUT2D eigenvalue weighted by Gasteiger charge is 2.20. The van der Waals surface area contributed by atoms with Gasteiger partial charge >= 0.3 is 0 Å². The van der Waals surface area contributed by atoms with Gasteiger partial charge in [-0.2, -0.15) is 10.4 Å². The molecule has 1 aliphatic rings.